The zero-order valence-electron chi connectivity index (χ0n) is 21.4. The van der Waals surface area contributed by atoms with Gasteiger partial charge in [-0.2, -0.15) is 4.98 Å². The first-order chi connectivity index (χ1) is 18.2. The second kappa shape index (κ2) is 11.1. The van der Waals surface area contributed by atoms with Crippen LogP contribution in [0.4, 0.5) is 0 Å². The van der Waals surface area contributed by atoms with Crippen LogP contribution < -0.4 is 15.0 Å². The SMILES string of the molecule is COc1cccc(OC)c1-n1c(COC(C)C)nc(O)c(S(=O)(=O)c2ccc(-c3ccccc3)cc2)c1=O. The van der Waals surface area contributed by atoms with Gasteiger partial charge in [-0.25, -0.2) is 8.42 Å². The molecule has 1 aromatic heterocycles. The highest BCUT2D eigenvalue weighted by molar-refractivity contribution is 7.91. The Morgan fingerprint density at radius 3 is 2.00 bits per heavy atom. The minimum Gasteiger partial charge on any atom is -0.494 e. The summed E-state index contributed by atoms with van der Waals surface area (Å²) in [7, 11) is -1.67. The van der Waals surface area contributed by atoms with Crippen LogP contribution in [0, 0.1) is 0 Å². The van der Waals surface area contributed by atoms with Crippen LogP contribution in [-0.4, -0.2) is 43.4 Å². The Hall–Kier alpha value is -4.15. The summed E-state index contributed by atoms with van der Waals surface area (Å²) in [4.78, 5) is 17.0. The van der Waals surface area contributed by atoms with Gasteiger partial charge in [-0.15, -0.1) is 0 Å². The maximum absolute atomic E-state index is 13.9. The molecular weight excluding hydrogens is 508 g/mol. The summed E-state index contributed by atoms with van der Waals surface area (Å²) in [6.45, 7) is 3.40. The molecule has 1 N–H and O–H groups in total. The molecule has 0 aliphatic carbocycles. The van der Waals surface area contributed by atoms with Crippen molar-refractivity contribution in [1.82, 2.24) is 9.55 Å². The molecule has 0 bridgehead atoms. The van der Waals surface area contributed by atoms with Gasteiger partial charge in [0, 0.05) is 0 Å². The maximum atomic E-state index is 13.9. The van der Waals surface area contributed by atoms with Crippen LogP contribution in [0.25, 0.3) is 16.8 Å². The number of aromatic nitrogens is 2. The summed E-state index contributed by atoms with van der Waals surface area (Å²) in [5, 5.41) is 10.8. The minimum atomic E-state index is -4.49. The van der Waals surface area contributed by atoms with E-state index in [4.69, 9.17) is 14.2 Å². The van der Waals surface area contributed by atoms with E-state index in [2.05, 4.69) is 4.98 Å². The lowest BCUT2D eigenvalue weighted by molar-refractivity contribution is 0.0593. The summed E-state index contributed by atoms with van der Waals surface area (Å²) in [6.07, 6.45) is -0.228. The van der Waals surface area contributed by atoms with E-state index in [9.17, 15) is 18.3 Å². The fourth-order valence-electron chi connectivity index (χ4n) is 3.97. The van der Waals surface area contributed by atoms with Crippen molar-refractivity contribution in [2.75, 3.05) is 14.2 Å². The molecule has 0 aliphatic rings. The standard InChI is InChI=1S/C28H28N2O7S/c1-18(2)37-17-24-29-27(31)26(28(32)30(24)25-22(35-3)11-8-12-23(25)36-4)38(33,34)21-15-13-20(14-16-21)19-9-6-5-7-10-19/h5-16,18,31H,17H2,1-4H3. The summed E-state index contributed by atoms with van der Waals surface area (Å²) in [5.41, 5.74) is 0.813. The Balaban J connectivity index is 1.94. The topological polar surface area (TPSA) is 117 Å². The Bertz CT molecular complexity index is 1580. The van der Waals surface area contributed by atoms with Crippen molar-refractivity contribution in [1.29, 1.82) is 0 Å². The molecule has 38 heavy (non-hydrogen) atoms. The Labute approximate surface area is 220 Å². The molecule has 0 radical (unpaired) electrons. The highest BCUT2D eigenvalue weighted by atomic mass is 32.2. The molecule has 0 fully saturated rings. The van der Waals surface area contributed by atoms with Gasteiger partial charge in [0.05, 0.1) is 25.2 Å². The number of benzene rings is 3. The fourth-order valence-corrected chi connectivity index (χ4v) is 5.31. The molecule has 0 aliphatic heterocycles. The van der Waals surface area contributed by atoms with Crippen LogP contribution in [-0.2, 0) is 21.2 Å². The van der Waals surface area contributed by atoms with E-state index in [-0.39, 0.29) is 40.6 Å². The lowest BCUT2D eigenvalue weighted by atomic mass is 10.1. The van der Waals surface area contributed by atoms with Crippen LogP contribution >= 0.6 is 0 Å². The van der Waals surface area contributed by atoms with Gasteiger partial charge in [-0.05, 0) is 49.2 Å². The van der Waals surface area contributed by atoms with Crippen LogP contribution in [0.5, 0.6) is 17.4 Å². The lowest BCUT2D eigenvalue weighted by Gasteiger charge is -2.20. The molecule has 0 spiro atoms. The highest BCUT2D eigenvalue weighted by Crippen LogP contribution is 2.34. The molecule has 0 saturated carbocycles. The highest BCUT2D eigenvalue weighted by Gasteiger charge is 2.31. The summed E-state index contributed by atoms with van der Waals surface area (Å²) in [5.74, 6) is -0.474. The molecular formula is C28H28N2O7S. The quantitative estimate of drug-likeness (QED) is 0.335. The first-order valence-corrected chi connectivity index (χ1v) is 13.3. The van der Waals surface area contributed by atoms with E-state index in [1.54, 1.807) is 44.2 Å². The summed E-state index contributed by atoms with van der Waals surface area (Å²) < 4.78 is 45.0. The van der Waals surface area contributed by atoms with Gasteiger partial charge in [0.25, 0.3) is 5.56 Å². The average molecular weight is 537 g/mol. The van der Waals surface area contributed by atoms with Crippen molar-refractivity contribution in [3.05, 3.63) is 89.0 Å². The van der Waals surface area contributed by atoms with Gasteiger partial charge < -0.3 is 19.3 Å². The first kappa shape index (κ1) is 26.9. The average Bonchev–Trinajstić information content (AvgIpc) is 2.92. The molecule has 4 aromatic rings. The molecule has 1 heterocycles. The second-order valence-corrected chi connectivity index (χ2v) is 10.5. The Kier molecular flexibility index (Phi) is 7.84. The number of ether oxygens (including phenoxy) is 3. The van der Waals surface area contributed by atoms with Crippen LogP contribution in [0.2, 0.25) is 0 Å². The smallest absolute Gasteiger partial charge is 0.281 e. The van der Waals surface area contributed by atoms with E-state index in [1.165, 1.54) is 26.4 Å². The summed E-state index contributed by atoms with van der Waals surface area (Å²) >= 11 is 0. The predicted molar refractivity (Wildman–Crippen MR) is 142 cm³/mol. The zero-order valence-corrected chi connectivity index (χ0v) is 22.2. The molecule has 9 nitrogen and oxygen atoms in total. The van der Waals surface area contributed by atoms with Crippen LogP contribution in [0.1, 0.15) is 19.7 Å². The van der Waals surface area contributed by atoms with Gasteiger partial charge in [0.15, 0.2) is 4.90 Å². The largest absolute Gasteiger partial charge is 0.494 e. The second-order valence-electron chi connectivity index (χ2n) is 8.59. The monoisotopic (exact) mass is 536 g/mol. The molecule has 4 rings (SSSR count). The molecule has 198 valence electrons. The molecule has 10 heteroatoms. The van der Waals surface area contributed by atoms with E-state index in [0.29, 0.717) is 0 Å². The van der Waals surface area contributed by atoms with Crippen molar-refractivity contribution < 1.29 is 27.7 Å². The Morgan fingerprint density at radius 2 is 1.45 bits per heavy atom. The molecule has 0 unspecified atom stereocenters. The van der Waals surface area contributed by atoms with Gasteiger partial charge >= 0.3 is 0 Å². The van der Waals surface area contributed by atoms with Crippen LogP contribution in [0.3, 0.4) is 0 Å². The number of hydrogen-bond donors (Lipinski definition) is 1. The maximum Gasteiger partial charge on any atom is 0.281 e. The minimum absolute atomic E-state index is 0.0256. The zero-order chi connectivity index (χ0) is 27.4. The normalized spacial score (nSPS) is 11.5. The van der Waals surface area contributed by atoms with E-state index < -0.39 is 26.2 Å². The molecule has 3 aromatic carbocycles. The van der Waals surface area contributed by atoms with E-state index >= 15 is 0 Å². The van der Waals surface area contributed by atoms with Crippen LogP contribution in [0.15, 0.2) is 87.4 Å². The number of sulfone groups is 1. The van der Waals surface area contributed by atoms with Crippen molar-refractivity contribution in [2.24, 2.45) is 0 Å². The molecule has 0 amide bonds. The van der Waals surface area contributed by atoms with Gasteiger partial charge in [0.1, 0.15) is 29.6 Å². The summed E-state index contributed by atoms with van der Waals surface area (Å²) in [6, 6.07) is 20.4. The van der Waals surface area contributed by atoms with Gasteiger partial charge in [0.2, 0.25) is 15.7 Å². The van der Waals surface area contributed by atoms with Crippen molar-refractivity contribution >= 4 is 9.84 Å². The molecule has 0 saturated heterocycles. The third kappa shape index (κ3) is 5.13. The number of aromatic hydroxyl groups is 1. The van der Waals surface area contributed by atoms with E-state index in [0.717, 1.165) is 15.7 Å². The van der Waals surface area contributed by atoms with Gasteiger partial charge in [-0.3, -0.25) is 9.36 Å². The number of para-hydroxylation sites is 1. The number of rotatable bonds is 9. The molecule has 0 atom stereocenters. The predicted octanol–water partition coefficient (Wildman–Crippen LogP) is 4.38. The fraction of sp³-hybridized carbons (Fsp3) is 0.214. The lowest BCUT2D eigenvalue weighted by Crippen LogP contribution is -2.30. The number of methoxy groups -OCH3 is 2. The van der Waals surface area contributed by atoms with Crippen molar-refractivity contribution in [3.63, 3.8) is 0 Å². The number of nitrogens with zero attached hydrogens (tertiary/aromatic N) is 2. The van der Waals surface area contributed by atoms with Crippen molar-refractivity contribution in [2.45, 2.75) is 36.3 Å². The Morgan fingerprint density at radius 1 is 0.868 bits per heavy atom. The van der Waals surface area contributed by atoms with Gasteiger partial charge in [-0.1, -0.05) is 48.5 Å². The third-order valence-electron chi connectivity index (χ3n) is 5.81. The van der Waals surface area contributed by atoms with E-state index in [1.807, 2.05) is 30.3 Å². The number of hydrogen-bond acceptors (Lipinski definition) is 8. The first-order valence-electron chi connectivity index (χ1n) is 11.8. The third-order valence-corrected chi connectivity index (χ3v) is 7.59. The van der Waals surface area contributed by atoms with Crippen molar-refractivity contribution in [3.8, 4) is 34.2 Å².